The van der Waals surface area contributed by atoms with Crippen molar-refractivity contribution >= 4 is 11.5 Å². The number of hydrogen-bond donors (Lipinski definition) is 1. The number of aromatic nitrogens is 1. The van der Waals surface area contributed by atoms with Crippen molar-refractivity contribution in [2.45, 2.75) is 20.0 Å². The average molecular weight is 242 g/mol. The van der Waals surface area contributed by atoms with E-state index in [4.69, 9.17) is 0 Å². The maximum absolute atomic E-state index is 9.54. The molecule has 1 aromatic heterocycles. The predicted octanol–water partition coefficient (Wildman–Crippen LogP) is 3.21. The molecule has 0 saturated carbocycles. The van der Waals surface area contributed by atoms with Gasteiger partial charge in [0.05, 0.1) is 6.10 Å². The SMILES string of the molecule is Cc1cc(C(C)O)cnc1N(C)c1ccccc1. The Hall–Kier alpha value is -1.87. The van der Waals surface area contributed by atoms with Crippen LogP contribution in [0.3, 0.4) is 0 Å². The molecule has 3 heteroatoms. The monoisotopic (exact) mass is 242 g/mol. The molecule has 1 heterocycles. The minimum atomic E-state index is -0.479. The first kappa shape index (κ1) is 12.6. The van der Waals surface area contributed by atoms with Gasteiger partial charge in [0, 0.05) is 18.9 Å². The van der Waals surface area contributed by atoms with Gasteiger partial charge in [-0.2, -0.15) is 0 Å². The third kappa shape index (κ3) is 2.51. The number of aliphatic hydroxyl groups is 1. The standard InChI is InChI=1S/C15H18N2O/c1-11-9-13(12(2)18)10-16-15(11)17(3)14-7-5-4-6-8-14/h4-10,12,18H,1-3H3. The molecule has 1 unspecified atom stereocenters. The normalized spacial score (nSPS) is 12.2. The molecule has 0 aliphatic carbocycles. The summed E-state index contributed by atoms with van der Waals surface area (Å²) in [4.78, 5) is 6.48. The van der Waals surface area contributed by atoms with Crippen LogP contribution < -0.4 is 4.90 Å². The summed E-state index contributed by atoms with van der Waals surface area (Å²) in [5, 5.41) is 9.54. The molecular formula is C15H18N2O. The first-order chi connectivity index (χ1) is 8.59. The third-order valence-electron chi connectivity index (χ3n) is 3.02. The predicted molar refractivity (Wildman–Crippen MR) is 74.1 cm³/mol. The number of rotatable bonds is 3. The largest absolute Gasteiger partial charge is 0.389 e. The molecule has 0 spiro atoms. The van der Waals surface area contributed by atoms with Crippen LogP contribution in [0.5, 0.6) is 0 Å². The number of benzene rings is 1. The van der Waals surface area contributed by atoms with Gasteiger partial charge in [0.1, 0.15) is 5.82 Å². The zero-order valence-corrected chi connectivity index (χ0v) is 11.0. The molecule has 0 bridgehead atoms. The summed E-state index contributed by atoms with van der Waals surface area (Å²) in [7, 11) is 1.99. The van der Waals surface area contributed by atoms with Crippen LogP contribution in [0.1, 0.15) is 24.2 Å². The van der Waals surface area contributed by atoms with Crippen LogP contribution in [0, 0.1) is 6.92 Å². The van der Waals surface area contributed by atoms with Crippen molar-refractivity contribution in [2.75, 3.05) is 11.9 Å². The number of anilines is 2. The molecule has 0 aliphatic rings. The van der Waals surface area contributed by atoms with E-state index in [0.717, 1.165) is 22.6 Å². The van der Waals surface area contributed by atoms with E-state index in [9.17, 15) is 5.11 Å². The fourth-order valence-electron chi connectivity index (χ4n) is 1.94. The second kappa shape index (κ2) is 5.19. The van der Waals surface area contributed by atoms with Gasteiger partial charge in [-0.15, -0.1) is 0 Å². The van der Waals surface area contributed by atoms with Crippen molar-refractivity contribution in [1.82, 2.24) is 4.98 Å². The molecular weight excluding hydrogens is 224 g/mol. The Morgan fingerprint density at radius 2 is 1.89 bits per heavy atom. The van der Waals surface area contributed by atoms with Crippen molar-refractivity contribution in [3.8, 4) is 0 Å². The molecule has 1 N–H and O–H groups in total. The van der Waals surface area contributed by atoms with Crippen LogP contribution in [0.2, 0.25) is 0 Å². The maximum Gasteiger partial charge on any atom is 0.135 e. The van der Waals surface area contributed by atoms with E-state index >= 15 is 0 Å². The summed E-state index contributed by atoms with van der Waals surface area (Å²) in [6, 6.07) is 12.1. The second-order valence-corrected chi connectivity index (χ2v) is 4.48. The molecule has 1 atom stereocenters. The van der Waals surface area contributed by atoms with E-state index in [1.807, 2.05) is 55.3 Å². The number of para-hydroxylation sites is 1. The summed E-state index contributed by atoms with van der Waals surface area (Å²) >= 11 is 0. The van der Waals surface area contributed by atoms with Gasteiger partial charge in [0.15, 0.2) is 0 Å². The molecule has 3 nitrogen and oxygen atoms in total. The Bertz CT molecular complexity index is 523. The first-order valence-corrected chi connectivity index (χ1v) is 6.03. The lowest BCUT2D eigenvalue weighted by Gasteiger charge is -2.21. The summed E-state index contributed by atoms with van der Waals surface area (Å²) < 4.78 is 0. The van der Waals surface area contributed by atoms with E-state index in [2.05, 4.69) is 4.98 Å². The Balaban J connectivity index is 2.34. The summed E-state index contributed by atoms with van der Waals surface area (Å²) in [5.41, 5.74) is 3.00. The molecule has 1 aromatic carbocycles. The number of pyridine rings is 1. The van der Waals surface area contributed by atoms with E-state index in [-0.39, 0.29) is 0 Å². The molecule has 0 radical (unpaired) electrons. The van der Waals surface area contributed by atoms with Gasteiger partial charge >= 0.3 is 0 Å². The summed E-state index contributed by atoms with van der Waals surface area (Å²) in [6.45, 7) is 3.75. The van der Waals surface area contributed by atoms with Crippen LogP contribution in [-0.2, 0) is 0 Å². The van der Waals surface area contributed by atoms with Gasteiger partial charge in [-0.1, -0.05) is 18.2 Å². The number of aryl methyl sites for hydroxylation is 1. The number of aliphatic hydroxyl groups excluding tert-OH is 1. The highest BCUT2D eigenvalue weighted by atomic mass is 16.3. The highest BCUT2D eigenvalue weighted by Gasteiger charge is 2.10. The highest BCUT2D eigenvalue weighted by molar-refractivity contribution is 5.61. The average Bonchev–Trinajstić information content (AvgIpc) is 2.38. The lowest BCUT2D eigenvalue weighted by Crippen LogP contribution is -2.13. The topological polar surface area (TPSA) is 36.4 Å². The summed E-state index contributed by atoms with van der Waals surface area (Å²) in [5.74, 6) is 0.908. The smallest absolute Gasteiger partial charge is 0.135 e. The Morgan fingerprint density at radius 1 is 1.22 bits per heavy atom. The minimum Gasteiger partial charge on any atom is -0.389 e. The summed E-state index contributed by atoms with van der Waals surface area (Å²) in [6.07, 6.45) is 1.25. The van der Waals surface area contributed by atoms with Crippen LogP contribution in [0.15, 0.2) is 42.6 Å². The molecule has 0 saturated heterocycles. The van der Waals surface area contributed by atoms with Crippen molar-refractivity contribution in [1.29, 1.82) is 0 Å². The number of hydrogen-bond acceptors (Lipinski definition) is 3. The van der Waals surface area contributed by atoms with Gasteiger partial charge in [-0.05, 0) is 43.2 Å². The molecule has 2 rings (SSSR count). The molecule has 2 aromatic rings. The lowest BCUT2D eigenvalue weighted by atomic mass is 10.1. The Kier molecular flexibility index (Phi) is 3.63. The van der Waals surface area contributed by atoms with E-state index in [1.54, 1.807) is 13.1 Å². The maximum atomic E-state index is 9.54. The molecule has 0 aliphatic heterocycles. The van der Waals surface area contributed by atoms with E-state index in [1.165, 1.54) is 0 Å². The van der Waals surface area contributed by atoms with Crippen molar-refractivity contribution < 1.29 is 5.11 Å². The third-order valence-corrected chi connectivity index (χ3v) is 3.02. The molecule has 18 heavy (non-hydrogen) atoms. The number of nitrogens with zero attached hydrogens (tertiary/aromatic N) is 2. The fraction of sp³-hybridized carbons (Fsp3) is 0.267. The van der Waals surface area contributed by atoms with Crippen LogP contribution in [0.4, 0.5) is 11.5 Å². The van der Waals surface area contributed by atoms with Crippen LogP contribution in [-0.4, -0.2) is 17.1 Å². The molecule has 0 fully saturated rings. The Morgan fingerprint density at radius 3 is 2.44 bits per heavy atom. The quantitative estimate of drug-likeness (QED) is 0.897. The molecule has 94 valence electrons. The van der Waals surface area contributed by atoms with Gasteiger partial charge in [0.25, 0.3) is 0 Å². The van der Waals surface area contributed by atoms with Crippen molar-refractivity contribution in [3.05, 3.63) is 53.7 Å². The zero-order chi connectivity index (χ0) is 13.1. The lowest BCUT2D eigenvalue weighted by molar-refractivity contribution is 0.199. The zero-order valence-electron chi connectivity index (χ0n) is 11.0. The van der Waals surface area contributed by atoms with Crippen LogP contribution >= 0.6 is 0 Å². The van der Waals surface area contributed by atoms with Gasteiger partial charge in [-0.25, -0.2) is 4.98 Å². The van der Waals surface area contributed by atoms with E-state index < -0.39 is 6.10 Å². The van der Waals surface area contributed by atoms with Gasteiger partial charge in [-0.3, -0.25) is 0 Å². The minimum absolute atomic E-state index is 0.479. The molecule has 0 amide bonds. The second-order valence-electron chi connectivity index (χ2n) is 4.48. The first-order valence-electron chi connectivity index (χ1n) is 6.03. The Labute approximate surface area is 108 Å². The van der Waals surface area contributed by atoms with Gasteiger partial charge < -0.3 is 10.0 Å². The van der Waals surface area contributed by atoms with Crippen molar-refractivity contribution in [2.24, 2.45) is 0 Å². The fourth-order valence-corrected chi connectivity index (χ4v) is 1.94. The van der Waals surface area contributed by atoms with Crippen LogP contribution in [0.25, 0.3) is 0 Å². The highest BCUT2D eigenvalue weighted by Crippen LogP contribution is 2.26. The van der Waals surface area contributed by atoms with Gasteiger partial charge in [0.2, 0.25) is 0 Å². The van der Waals surface area contributed by atoms with Crippen molar-refractivity contribution in [3.63, 3.8) is 0 Å². The van der Waals surface area contributed by atoms with E-state index in [0.29, 0.717) is 0 Å².